The second kappa shape index (κ2) is 5.54. The van der Waals surface area contributed by atoms with E-state index in [1.165, 1.54) is 24.1 Å². The van der Waals surface area contributed by atoms with Crippen LogP contribution in [0.4, 0.5) is 5.69 Å². The van der Waals surface area contributed by atoms with Crippen LogP contribution in [0.15, 0.2) is 24.3 Å². The predicted molar refractivity (Wildman–Crippen MR) is 74.6 cm³/mol. The Bertz CT molecular complexity index is 340. The molecule has 2 nitrogen and oxygen atoms in total. The Morgan fingerprint density at radius 1 is 1.29 bits per heavy atom. The van der Waals surface area contributed by atoms with Gasteiger partial charge in [0.1, 0.15) is 0 Å². The summed E-state index contributed by atoms with van der Waals surface area (Å²) in [5.41, 5.74) is 2.62. The smallest absolute Gasteiger partial charge is 0.0364 e. The lowest BCUT2D eigenvalue weighted by Gasteiger charge is -2.21. The Hall–Kier alpha value is -1.02. The third-order valence-electron chi connectivity index (χ3n) is 3.72. The molecule has 0 heterocycles. The van der Waals surface area contributed by atoms with Crippen LogP contribution in [0.2, 0.25) is 0 Å². The molecule has 1 aliphatic carbocycles. The first-order valence-corrected chi connectivity index (χ1v) is 6.68. The largest absolute Gasteiger partial charge is 0.373 e. The van der Waals surface area contributed by atoms with Gasteiger partial charge in [0.15, 0.2) is 0 Å². The molecule has 0 aromatic heterocycles. The average Bonchev–Trinajstić information content (AvgIpc) is 3.13. The number of nitrogens with zero attached hydrogens (tertiary/aromatic N) is 1. The van der Waals surface area contributed by atoms with E-state index in [1.807, 2.05) is 0 Å². The lowest BCUT2D eigenvalue weighted by Crippen LogP contribution is -2.35. The van der Waals surface area contributed by atoms with Gasteiger partial charge in [0, 0.05) is 31.9 Å². The molecule has 0 saturated heterocycles. The molecule has 1 unspecified atom stereocenters. The number of benzene rings is 1. The van der Waals surface area contributed by atoms with Crippen molar-refractivity contribution in [2.45, 2.75) is 32.7 Å². The fourth-order valence-corrected chi connectivity index (χ4v) is 2.15. The number of aryl methyl sites for hydroxylation is 1. The van der Waals surface area contributed by atoms with Gasteiger partial charge in [-0.1, -0.05) is 17.7 Å². The predicted octanol–water partition coefficient (Wildman–Crippen LogP) is 2.82. The highest BCUT2D eigenvalue weighted by Crippen LogP contribution is 2.32. The minimum Gasteiger partial charge on any atom is -0.373 e. The number of nitrogens with one attached hydrogen (secondary N) is 1. The first-order chi connectivity index (χ1) is 8.16. The van der Waals surface area contributed by atoms with E-state index in [9.17, 15) is 0 Å². The van der Waals surface area contributed by atoms with Gasteiger partial charge in [0.05, 0.1) is 0 Å². The summed E-state index contributed by atoms with van der Waals surface area (Å²) >= 11 is 0. The van der Waals surface area contributed by atoms with Crippen LogP contribution < -0.4 is 10.2 Å². The van der Waals surface area contributed by atoms with Crippen molar-refractivity contribution in [2.75, 3.05) is 25.0 Å². The Morgan fingerprint density at radius 2 is 1.94 bits per heavy atom. The van der Waals surface area contributed by atoms with E-state index >= 15 is 0 Å². The van der Waals surface area contributed by atoms with Gasteiger partial charge in [-0.2, -0.15) is 0 Å². The van der Waals surface area contributed by atoms with Crippen molar-refractivity contribution in [1.82, 2.24) is 5.32 Å². The highest BCUT2D eigenvalue weighted by Gasteiger charge is 2.27. The van der Waals surface area contributed by atoms with Gasteiger partial charge in [0.25, 0.3) is 0 Å². The fourth-order valence-electron chi connectivity index (χ4n) is 2.15. The van der Waals surface area contributed by atoms with E-state index in [0.717, 1.165) is 19.0 Å². The normalized spacial score (nSPS) is 16.9. The summed E-state index contributed by atoms with van der Waals surface area (Å²) in [6.07, 6.45) is 2.84. The zero-order valence-corrected chi connectivity index (χ0v) is 11.2. The molecule has 1 atom stereocenters. The van der Waals surface area contributed by atoms with Crippen LogP contribution in [0.25, 0.3) is 0 Å². The molecule has 1 aromatic carbocycles. The molecule has 17 heavy (non-hydrogen) atoms. The summed E-state index contributed by atoms with van der Waals surface area (Å²) in [6, 6.07) is 9.43. The van der Waals surface area contributed by atoms with Crippen molar-refractivity contribution < 1.29 is 0 Å². The summed E-state index contributed by atoms with van der Waals surface area (Å²) in [4.78, 5) is 2.31. The molecule has 0 bridgehead atoms. The van der Waals surface area contributed by atoms with E-state index < -0.39 is 0 Å². The van der Waals surface area contributed by atoms with Crippen LogP contribution >= 0.6 is 0 Å². The summed E-state index contributed by atoms with van der Waals surface area (Å²) in [6.45, 7) is 6.58. The number of rotatable bonds is 6. The second-order valence-corrected chi connectivity index (χ2v) is 5.34. The first-order valence-electron chi connectivity index (χ1n) is 6.68. The Morgan fingerprint density at radius 3 is 2.53 bits per heavy atom. The first kappa shape index (κ1) is 12.4. The minimum atomic E-state index is 0.696. The molecule has 94 valence electrons. The van der Waals surface area contributed by atoms with Gasteiger partial charge in [-0.25, -0.2) is 0 Å². The highest BCUT2D eigenvalue weighted by molar-refractivity contribution is 5.46. The van der Waals surface area contributed by atoms with Crippen molar-refractivity contribution in [3.8, 4) is 0 Å². The van der Waals surface area contributed by atoms with Gasteiger partial charge in [-0.3, -0.25) is 0 Å². The lowest BCUT2D eigenvalue weighted by atomic mass is 10.2. The lowest BCUT2D eigenvalue weighted by molar-refractivity contribution is 0.501. The molecule has 0 amide bonds. The third-order valence-corrected chi connectivity index (χ3v) is 3.72. The van der Waals surface area contributed by atoms with E-state index in [1.54, 1.807) is 0 Å². The molecule has 1 saturated carbocycles. The van der Waals surface area contributed by atoms with E-state index in [0.29, 0.717) is 6.04 Å². The monoisotopic (exact) mass is 232 g/mol. The van der Waals surface area contributed by atoms with Crippen LogP contribution in [0.5, 0.6) is 0 Å². The fraction of sp³-hybridized carbons (Fsp3) is 0.600. The topological polar surface area (TPSA) is 15.3 Å². The number of hydrogen-bond acceptors (Lipinski definition) is 2. The molecule has 0 aliphatic heterocycles. The van der Waals surface area contributed by atoms with Crippen molar-refractivity contribution in [1.29, 1.82) is 0 Å². The summed E-state index contributed by atoms with van der Waals surface area (Å²) in [5.74, 6) is 0.944. The van der Waals surface area contributed by atoms with Crippen LogP contribution in [0.3, 0.4) is 0 Å². The maximum Gasteiger partial charge on any atom is 0.0364 e. The van der Waals surface area contributed by atoms with Gasteiger partial charge < -0.3 is 10.2 Å². The Kier molecular flexibility index (Phi) is 4.06. The van der Waals surface area contributed by atoms with Crippen LogP contribution in [0.1, 0.15) is 25.3 Å². The van der Waals surface area contributed by atoms with E-state index in [-0.39, 0.29) is 0 Å². The zero-order chi connectivity index (χ0) is 12.3. The molecule has 1 aliphatic rings. The van der Waals surface area contributed by atoms with Gasteiger partial charge in [-0.15, -0.1) is 0 Å². The zero-order valence-electron chi connectivity index (χ0n) is 11.2. The van der Waals surface area contributed by atoms with Crippen molar-refractivity contribution >= 4 is 5.69 Å². The number of anilines is 1. The SMILES string of the molecule is Cc1ccc(N(C)CCNC(C)C2CC2)cc1. The van der Waals surface area contributed by atoms with E-state index in [2.05, 4.69) is 55.4 Å². The Balaban J connectivity index is 1.72. The molecule has 2 heteroatoms. The minimum absolute atomic E-state index is 0.696. The third kappa shape index (κ3) is 3.74. The van der Waals surface area contributed by atoms with Crippen LogP contribution in [-0.2, 0) is 0 Å². The average molecular weight is 232 g/mol. The molecule has 2 rings (SSSR count). The standard InChI is InChI=1S/C15H24N2/c1-12-4-8-15(9-5-12)17(3)11-10-16-13(2)14-6-7-14/h4-5,8-9,13-14,16H,6-7,10-11H2,1-3H3. The summed E-state index contributed by atoms with van der Waals surface area (Å²) in [7, 11) is 2.16. The maximum absolute atomic E-state index is 3.61. The maximum atomic E-state index is 3.61. The van der Waals surface area contributed by atoms with Gasteiger partial charge in [0.2, 0.25) is 0 Å². The van der Waals surface area contributed by atoms with Gasteiger partial charge >= 0.3 is 0 Å². The van der Waals surface area contributed by atoms with Crippen LogP contribution in [-0.4, -0.2) is 26.2 Å². The molecular weight excluding hydrogens is 208 g/mol. The molecule has 1 aromatic rings. The molecule has 1 fully saturated rings. The number of hydrogen-bond donors (Lipinski definition) is 1. The Labute approximate surface area is 105 Å². The van der Waals surface area contributed by atoms with Crippen LogP contribution in [0, 0.1) is 12.8 Å². The van der Waals surface area contributed by atoms with Gasteiger partial charge in [-0.05, 0) is 44.7 Å². The summed E-state index contributed by atoms with van der Waals surface area (Å²) < 4.78 is 0. The quantitative estimate of drug-likeness (QED) is 0.811. The van der Waals surface area contributed by atoms with Crippen molar-refractivity contribution in [2.24, 2.45) is 5.92 Å². The van der Waals surface area contributed by atoms with Crippen molar-refractivity contribution in [3.05, 3.63) is 29.8 Å². The molecule has 0 spiro atoms. The molecule has 1 N–H and O–H groups in total. The molecule has 0 radical (unpaired) electrons. The highest BCUT2D eigenvalue weighted by atomic mass is 15.1. The summed E-state index contributed by atoms with van der Waals surface area (Å²) in [5, 5.41) is 3.61. The number of likely N-dealkylation sites (N-methyl/N-ethyl adjacent to an activating group) is 1. The van der Waals surface area contributed by atoms with Crippen molar-refractivity contribution in [3.63, 3.8) is 0 Å². The second-order valence-electron chi connectivity index (χ2n) is 5.34. The van der Waals surface area contributed by atoms with E-state index in [4.69, 9.17) is 0 Å². The molecular formula is C15H24N2.